The molecule has 0 unspecified atom stereocenters. The molecule has 0 N–H and O–H groups in total. The predicted octanol–water partition coefficient (Wildman–Crippen LogP) is 2.88. The minimum atomic E-state index is -0.605. The van der Waals surface area contributed by atoms with Crippen LogP contribution in [0, 0.1) is 0 Å². The minimum Gasteiger partial charge on any atom is -0.453 e. The van der Waals surface area contributed by atoms with Crippen molar-refractivity contribution in [2.75, 3.05) is 6.61 Å². The summed E-state index contributed by atoms with van der Waals surface area (Å²) in [6.07, 6.45) is 1.49. The van der Waals surface area contributed by atoms with E-state index >= 15 is 0 Å². The van der Waals surface area contributed by atoms with Crippen LogP contribution < -0.4 is 0 Å². The molecule has 0 spiro atoms. The maximum absolute atomic E-state index is 11.8. The third kappa shape index (κ3) is 3.72. The second-order valence-corrected chi connectivity index (χ2v) is 4.64. The Hall–Kier alpha value is -2.01. The van der Waals surface area contributed by atoms with Gasteiger partial charge in [-0.15, -0.1) is 0 Å². The zero-order valence-corrected chi connectivity index (χ0v) is 11.5. The molecule has 19 heavy (non-hydrogen) atoms. The number of Topliss-reactive ketones (excluding diaryl/α,β-unsaturated/α-hetero) is 1. The number of halogens is 1. The van der Waals surface area contributed by atoms with Crippen molar-refractivity contribution >= 4 is 27.7 Å². The lowest BCUT2D eigenvalue weighted by Crippen LogP contribution is -2.15. The molecule has 5 heteroatoms. The molecule has 0 aliphatic heterocycles. The van der Waals surface area contributed by atoms with E-state index in [1.54, 1.807) is 36.4 Å². The van der Waals surface area contributed by atoms with Gasteiger partial charge < -0.3 is 4.74 Å². The summed E-state index contributed by atoms with van der Waals surface area (Å²) in [5.41, 5.74) is 0.683. The maximum atomic E-state index is 11.8. The smallest absolute Gasteiger partial charge is 0.357 e. The quantitative estimate of drug-likeness (QED) is 0.642. The van der Waals surface area contributed by atoms with Crippen molar-refractivity contribution in [3.8, 4) is 0 Å². The summed E-state index contributed by atoms with van der Waals surface area (Å²) < 4.78 is 5.80. The van der Waals surface area contributed by atoms with Crippen LogP contribution >= 0.6 is 15.9 Å². The molecule has 96 valence electrons. The summed E-state index contributed by atoms with van der Waals surface area (Å²) >= 11 is 3.28. The number of benzene rings is 1. The van der Waals surface area contributed by atoms with Crippen molar-refractivity contribution in [3.05, 3.63) is 64.4 Å². The normalized spacial score (nSPS) is 9.95. The molecule has 0 aliphatic carbocycles. The van der Waals surface area contributed by atoms with Crippen molar-refractivity contribution in [2.24, 2.45) is 0 Å². The Kier molecular flexibility index (Phi) is 4.41. The van der Waals surface area contributed by atoms with Gasteiger partial charge in [-0.05, 0) is 24.3 Å². The number of hydrogen-bond acceptors (Lipinski definition) is 4. The van der Waals surface area contributed by atoms with Crippen molar-refractivity contribution < 1.29 is 14.3 Å². The fourth-order valence-corrected chi connectivity index (χ4v) is 1.67. The van der Waals surface area contributed by atoms with Crippen LogP contribution in [0.15, 0.2) is 53.1 Å². The highest BCUT2D eigenvalue weighted by Gasteiger charge is 2.12. The molecule has 0 radical (unpaired) electrons. The van der Waals surface area contributed by atoms with Crippen molar-refractivity contribution in [3.63, 3.8) is 0 Å². The first-order valence-electron chi connectivity index (χ1n) is 5.54. The fraction of sp³-hybridized carbons (Fsp3) is 0.0714. The SMILES string of the molecule is O=C(COC(=O)c1ccccn1)c1ccc(Br)cc1. The fourth-order valence-electron chi connectivity index (χ4n) is 1.41. The molecule has 0 fully saturated rings. The summed E-state index contributed by atoms with van der Waals surface area (Å²) in [6, 6.07) is 11.8. The molecule has 1 aromatic carbocycles. The summed E-state index contributed by atoms with van der Waals surface area (Å²) in [5.74, 6) is -0.858. The Morgan fingerprint density at radius 2 is 1.84 bits per heavy atom. The Bertz CT molecular complexity index is 581. The van der Waals surface area contributed by atoms with Gasteiger partial charge in [0.05, 0.1) is 0 Å². The average Bonchev–Trinajstić information content (AvgIpc) is 2.46. The molecule has 0 saturated carbocycles. The highest BCUT2D eigenvalue weighted by molar-refractivity contribution is 9.10. The zero-order chi connectivity index (χ0) is 13.7. The number of carbonyl (C=O) groups is 2. The Morgan fingerprint density at radius 1 is 1.11 bits per heavy atom. The topological polar surface area (TPSA) is 56.3 Å². The number of pyridine rings is 1. The van der Waals surface area contributed by atoms with Gasteiger partial charge in [0.15, 0.2) is 12.4 Å². The van der Waals surface area contributed by atoms with E-state index in [1.165, 1.54) is 12.3 Å². The summed E-state index contributed by atoms with van der Waals surface area (Å²) in [7, 11) is 0. The van der Waals surface area contributed by atoms with E-state index in [0.717, 1.165) is 4.47 Å². The van der Waals surface area contributed by atoms with Gasteiger partial charge in [0.25, 0.3) is 0 Å². The molecule has 0 saturated heterocycles. The van der Waals surface area contributed by atoms with E-state index < -0.39 is 5.97 Å². The molecule has 0 bridgehead atoms. The zero-order valence-electron chi connectivity index (χ0n) is 9.88. The second-order valence-electron chi connectivity index (χ2n) is 3.72. The largest absolute Gasteiger partial charge is 0.453 e. The molecule has 2 rings (SSSR count). The van der Waals surface area contributed by atoms with Gasteiger partial charge in [0.2, 0.25) is 0 Å². The van der Waals surface area contributed by atoms with E-state index in [-0.39, 0.29) is 18.1 Å². The van der Waals surface area contributed by atoms with Gasteiger partial charge in [0.1, 0.15) is 5.69 Å². The molecule has 0 aliphatic rings. The monoisotopic (exact) mass is 319 g/mol. The minimum absolute atomic E-state index is 0.186. The van der Waals surface area contributed by atoms with Crippen LogP contribution in [-0.4, -0.2) is 23.3 Å². The second kappa shape index (κ2) is 6.24. The summed E-state index contributed by atoms with van der Waals surface area (Å²) in [4.78, 5) is 27.2. The van der Waals surface area contributed by atoms with Gasteiger partial charge in [-0.1, -0.05) is 34.1 Å². The van der Waals surface area contributed by atoms with E-state index in [9.17, 15) is 9.59 Å². The molecule has 0 atom stereocenters. The van der Waals surface area contributed by atoms with E-state index in [2.05, 4.69) is 20.9 Å². The molecule has 4 nitrogen and oxygen atoms in total. The van der Waals surface area contributed by atoms with Crippen LogP contribution in [0.25, 0.3) is 0 Å². The number of rotatable bonds is 4. The lowest BCUT2D eigenvalue weighted by atomic mass is 10.1. The van der Waals surface area contributed by atoms with Crippen LogP contribution in [0.5, 0.6) is 0 Å². The van der Waals surface area contributed by atoms with Crippen LogP contribution in [0.3, 0.4) is 0 Å². The Labute approximate surface area is 118 Å². The molecular formula is C14H10BrNO3. The van der Waals surface area contributed by atoms with Gasteiger partial charge in [-0.3, -0.25) is 4.79 Å². The first kappa shape index (κ1) is 13.4. The van der Waals surface area contributed by atoms with Crippen LogP contribution in [0.4, 0.5) is 0 Å². The van der Waals surface area contributed by atoms with Crippen molar-refractivity contribution in [1.29, 1.82) is 0 Å². The van der Waals surface area contributed by atoms with Crippen molar-refractivity contribution in [2.45, 2.75) is 0 Å². The van der Waals surface area contributed by atoms with E-state index in [4.69, 9.17) is 4.74 Å². The number of carbonyl (C=O) groups excluding carboxylic acids is 2. The van der Waals surface area contributed by atoms with Gasteiger partial charge in [-0.2, -0.15) is 0 Å². The van der Waals surface area contributed by atoms with E-state index in [1.807, 2.05) is 0 Å². The Balaban J connectivity index is 1.94. The molecule has 1 heterocycles. The first-order chi connectivity index (χ1) is 9.16. The van der Waals surface area contributed by atoms with Crippen LogP contribution in [0.2, 0.25) is 0 Å². The highest BCUT2D eigenvalue weighted by Crippen LogP contribution is 2.11. The number of aromatic nitrogens is 1. The summed E-state index contributed by atoms with van der Waals surface area (Å²) in [6.45, 7) is -0.295. The van der Waals surface area contributed by atoms with Gasteiger partial charge in [-0.25, -0.2) is 9.78 Å². The standard InChI is InChI=1S/C14H10BrNO3/c15-11-6-4-10(5-7-11)13(17)9-19-14(18)12-3-1-2-8-16-12/h1-8H,9H2. The number of esters is 1. The number of ether oxygens (including phenoxy) is 1. The number of ketones is 1. The number of hydrogen-bond donors (Lipinski definition) is 0. The molecule has 0 amide bonds. The van der Waals surface area contributed by atoms with Gasteiger partial charge >= 0.3 is 5.97 Å². The van der Waals surface area contributed by atoms with E-state index in [0.29, 0.717) is 5.56 Å². The van der Waals surface area contributed by atoms with Crippen molar-refractivity contribution in [1.82, 2.24) is 4.98 Å². The van der Waals surface area contributed by atoms with Crippen LogP contribution in [-0.2, 0) is 4.74 Å². The lowest BCUT2D eigenvalue weighted by Gasteiger charge is -2.03. The number of nitrogens with zero attached hydrogens (tertiary/aromatic N) is 1. The lowest BCUT2D eigenvalue weighted by molar-refractivity contribution is 0.0469. The highest BCUT2D eigenvalue weighted by atomic mass is 79.9. The summed E-state index contributed by atoms with van der Waals surface area (Å²) in [5, 5.41) is 0. The van der Waals surface area contributed by atoms with Crippen LogP contribution in [0.1, 0.15) is 20.8 Å². The molecular weight excluding hydrogens is 310 g/mol. The Morgan fingerprint density at radius 3 is 2.47 bits per heavy atom. The maximum Gasteiger partial charge on any atom is 0.357 e. The first-order valence-corrected chi connectivity index (χ1v) is 6.33. The van der Waals surface area contributed by atoms with Gasteiger partial charge in [0, 0.05) is 16.2 Å². The third-order valence-corrected chi connectivity index (χ3v) is 2.90. The third-order valence-electron chi connectivity index (χ3n) is 2.37. The molecule has 2 aromatic rings. The average molecular weight is 320 g/mol. The molecule has 1 aromatic heterocycles. The predicted molar refractivity (Wildman–Crippen MR) is 73.0 cm³/mol.